The molecule has 2 aromatic rings. The summed E-state index contributed by atoms with van der Waals surface area (Å²) in [5, 5.41) is 0. The number of hydrogen-bond acceptors (Lipinski definition) is 1. The molecule has 134 valence electrons. The van der Waals surface area contributed by atoms with Gasteiger partial charge in [0, 0.05) is 11.6 Å². The smallest absolute Gasteiger partial charge is 0.0494 e. The van der Waals surface area contributed by atoms with E-state index < -0.39 is 0 Å². The number of hydrogen-bond donors (Lipinski definition) is 0. The monoisotopic (exact) mass is 355 g/mol. The fraction of sp³-hybridized carbons (Fsp3) is 0.391. The van der Waals surface area contributed by atoms with Gasteiger partial charge in [-0.3, -0.25) is 4.90 Å². The molecule has 0 amide bonds. The Hall–Kier alpha value is -1.57. The highest BCUT2D eigenvalue weighted by Crippen LogP contribution is 2.43. The third kappa shape index (κ3) is 4.34. The first-order valence-electron chi connectivity index (χ1n) is 9.18. The van der Waals surface area contributed by atoms with Gasteiger partial charge in [0.15, 0.2) is 0 Å². The number of rotatable bonds is 7. The maximum absolute atomic E-state index is 2.64. The van der Waals surface area contributed by atoms with Crippen LogP contribution in [0, 0.1) is 6.92 Å². The molecule has 1 fully saturated rings. The van der Waals surface area contributed by atoms with Gasteiger partial charge in [-0.05, 0) is 56.3 Å². The highest BCUT2D eigenvalue weighted by atomic mass is 35.5. The van der Waals surface area contributed by atoms with Crippen molar-refractivity contribution in [3.05, 3.63) is 77.4 Å². The van der Waals surface area contributed by atoms with Crippen molar-refractivity contribution in [3.63, 3.8) is 0 Å². The first-order valence-corrected chi connectivity index (χ1v) is 9.18. The van der Waals surface area contributed by atoms with Gasteiger partial charge in [-0.1, -0.05) is 73.7 Å². The van der Waals surface area contributed by atoms with E-state index in [2.05, 4.69) is 92.5 Å². The zero-order valence-corrected chi connectivity index (χ0v) is 16.4. The molecule has 3 rings (SSSR count). The molecule has 1 atom stereocenters. The lowest BCUT2D eigenvalue weighted by Crippen LogP contribution is -2.45. The molecule has 1 nitrogen and oxygen atoms in total. The maximum Gasteiger partial charge on any atom is 0.0494 e. The minimum Gasteiger partial charge on any atom is -0.293 e. The lowest BCUT2D eigenvalue weighted by molar-refractivity contribution is 0.104. The van der Waals surface area contributed by atoms with Crippen LogP contribution in [0.4, 0.5) is 0 Å². The number of benzene rings is 2. The molecule has 1 saturated carbocycles. The summed E-state index contributed by atoms with van der Waals surface area (Å²) in [6, 6.07) is 20.3. The lowest BCUT2D eigenvalue weighted by Gasteiger charge is -2.43. The molecule has 0 heterocycles. The van der Waals surface area contributed by atoms with Crippen LogP contribution in [0.2, 0.25) is 0 Å². The summed E-state index contributed by atoms with van der Waals surface area (Å²) < 4.78 is 0. The summed E-state index contributed by atoms with van der Waals surface area (Å²) in [6.45, 7) is 4.59. The molecule has 0 bridgehead atoms. The first-order chi connectivity index (χ1) is 11.7. The van der Waals surface area contributed by atoms with Crippen molar-refractivity contribution in [1.82, 2.24) is 4.90 Å². The Morgan fingerprint density at radius 1 is 1.04 bits per heavy atom. The number of aryl methyl sites for hydroxylation is 1. The minimum absolute atomic E-state index is 0. The van der Waals surface area contributed by atoms with Gasteiger partial charge in [-0.2, -0.15) is 0 Å². The molecule has 0 radical (unpaired) electrons. The molecule has 0 aliphatic heterocycles. The maximum atomic E-state index is 2.64. The van der Waals surface area contributed by atoms with Gasteiger partial charge in [-0.15, -0.1) is 12.4 Å². The van der Waals surface area contributed by atoms with E-state index >= 15 is 0 Å². The molecular weight excluding hydrogens is 326 g/mol. The van der Waals surface area contributed by atoms with Gasteiger partial charge in [0.1, 0.15) is 0 Å². The predicted molar refractivity (Wildman–Crippen MR) is 111 cm³/mol. The number of nitrogens with zero attached hydrogens (tertiary/aromatic N) is 1. The Kier molecular flexibility index (Phi) is 6.87. The number of halogens is 1. The summed E-state index contributed by atoms with van der Waals surface area (Å²) in [5.74, 6) is 0. The lowest BCUT2D eigenvalue weighted by atomic mass is 9.80. The average Bonchev–Trinajstić information content (AvgIpc) is 3.45. The van der Waals surface area contributed by atoms with Crippen molar-refractivity contribution in [2.45, 2.75) is 51.1 Å². The topological polar surface area (TPSA) is 3.24 Å². The highest BCUT2D eigenvalue weighted by Gasteiger charge is 2.41. The molecule has 1 aliphatic carbocycles. The van der Waals surface area contributed by atoms with E-state index in [-0.39, 0.29) is 17.9 Å². The van der Waals surface area contributed by atoms with Gasteiger partial charge in [0.05, 0.1) is 0 Å². The SMILES string of the molecule is CCC(CC=Cc1ccccc1)(c1ccccc1C)N(C)C1CC1.Cl. The van der Waals surface area contributed by atoms with Crippen LogP contribution in [0.15, 0.2) is 60.7 Å². The van der Waals surface area contributed by atoms with Crippen LogP contribution in [0.25, 0.3) is 6.08 Å². The summed E-state index contributed by atoms with van der Waals surface area (Å²) in [7, 11) is 2.32. The standard InChI is InChI=1S/C23H29N.ClH/c1-4-23(24(3)21-16-17-21,22-15-9-8-11-19(22)2)18-10-14-20-12-6-5-7-13-20;/h5-15,21H,4,16-18H2,1-3H3;1H. The first kappa shape index (κ1) is 19.8. The summed E-state index contributed by atoms with van der Waals surface area (Å²) >= 11 is 0. The van der Waals surface area contributed by atoms with E-state index in [0.717, 1.165) is 18.9 Å². The van der Waals surface area contributed by atoms with Gasteiger partial charge >= 0.3 is 0 Å². The summed E-state index contributed by atoms with van der Waals surface area (Å²) in [6.07, 6.45) is 9.49. The molecule has 2 aromatic carbocycles. The Balaban J connectivity index is 0.00000225. The van der Waals surface area contributed by atoms with Crippen LogP contribution in [-0.4, -0.2) is 18.0 Å². The third-order valence-corrected chi connectivity index (χ3v) is 5.57. The van der Waals surface area contributed by atoms with Crippen molar-refractivity contribution in [2.24, 2.45) is 0 Å². The van der Waals surface area contributed by atoms with Crippen molar-refractivity contribution in [1.29, 1.82) is 0 Å². The van der Waals surface area contributed by atoms with Gasteiger partial charge in [0.2, 0.25) is 0 Å². The highest BCUT2D eigenvalue weighted by molar-refractivity contribution is 5.85. The van der Waals surface area contributed by atoms with Gasteiger partial charge in [-0.25, -0.2) is 0 Å². The minimum atomic E-state index is 0. The molecular formula is C23H30ClN. The second-order valence-corrected chi connectivity index (χ2v) is 7.06. The van der Waals surface area contributed by atoms with E-state index in [1.54, 1.807) is 0 Å². The summed E-state index contributed by atoms with van der Waals surface area (Å²) in [4.78, 5) is 2.64. The fourth-order valence-corrected chi connectivity index (χ4v) is 3.89. The van der Waals surface area contributed by atoms with Crippen LogP contribution in [0.1, 0.15) is 49.3 Å². The Bertz CT molecular complexity index is 690. The van der Waals surface area contributed by atoms with Crippen molar-refractivity contribution in [2.75, 3.05) is 7.05 Å². The van der Waals surface area contributed by atoms with E-state index in [4.69, 9.17) is 0 Å². The quantitative estimate of drug-likeness (QED) is 0.569. The average molecular weight is 356 g/mol. The Morgan fingerprint density at radius 2 is 1.68 bits per heavy atom. The van der Waals surface area contributed by atoms with Gasteiger partial charge in [0.25, 0.3) is 0 Å². The van der Waals surface area contributed by atoms with E-state index in [1.165, 1.54) is 29.5 Å². The van der Waals surface area contributed by atoms with E-state index in [9.17, 15) is 0 Å². The molecule has 25 heavy (non-hydrogen) atoms. The molecule has 0 aromatic heterocycles. The van der Waals surface area contributed by atoms with Crippen LogP contribution in [-0.2, 0) is 5.54 Å². The van der Waals surface area contributed by atoms with E-state index in [1.807, 2.05) is 0 Å². The van der Waals surface area contributed by atoms with Crippen molar-refractivity contribution < 1.29 is 0 Å². The van der Waals surface area contributed by atoms with Gasteiger partial charge < -0.3 is 0 Å². The van der Waals surface area contributed by atoms with Crippen LogP contribution in [0.5, 0.6) is 0 Å². The third-order valence-electron chi connectivity index (χ3n) is 5.57. The second kappa shape index (κ2) is 8.69. The van der Waals surface area contributed by atoms with E-state index in [0.29, 0.717) is 0 Å². The molecule has 2 heteroatoms. The zero-order valence-electron chi connectivity index (χ0n) is 15.6. The zero-order chi connectivity index (χ0) is 17.0. The molecule has 1 aliphatic rings. The fourth-order valence-electron chi connectivity index (χ4n) is 3.89. The van der Waals surface area contributed by atoms with Crippen molar-refractivity contribution in [3.8, 4) is 0 Å². The molecule has 0 saturated heterocycles. The normalized spacial score (nSPS) is 16.6. The summed E-state index contributed by atoms with van der Waals surface area (Å²) in [5.41, 5.74) is 4.26. The Morgan fingerprint density at radius 3 is 2.28 bits per heavy atom. The second-order valence-electron chi connectivity index (χ2n) is 7.06. The predicted octanol–water partition coefficient (Wildman–Crippen LogP) is 6.22. The van der Waals surface area contributed by atoms with Crippen molar-refractivity contribution >= 4 is 18.5 Å². The van der Waals surface area contributed by atoms with Crippen LogP contribution < -0.4 is 0 Å². The molecule has 1 unspecified atom stereocenters. The molecule has 0 spiro atoms. The van der Waals surface area contributed by atoms with Crippen LogP contribution >= 0.6 is 12.4 Å². The Labute approximate surface area is 159 Å². The largest absolute Gasteiger partial charge is 0.293 e. The molecule has 0 N–H and O–H groups in total. The van der Waals surface area contributed by atoms with Crippen LogP contribution in [0.3, 0.4) is 0 Å².